The Morgan fingerprint density at radius 1 is 1.07 bits per heavy atom. The van der Waals surface area contributed by atoms with Gasteiger partial charge in [-0.1, -0.05) is 6.07 Å². The van der Waals surface area contributed by atoms with Crippen LogP contribution >= 0.6 is 0 Å². The van der Waals surface area contributed by atoms with Gasteiger partial charge in [0.1, 0.15) is 17.3 Å². The molecule has 0 radical (unpaired) electrons. The molecule has 13 heteroatoms. The van der Waals surface area contributed by atoms with E-state index in [-0.39, 0.29) is 47.6 Å². The molecule has 8 nitrogen and oxygen atoms in total. The first-order chi connectivity index (χ1) is 19.0. The van der Waals surface area contributed by atoms with Gasteiger partial charge in [-0.15, -0.1) is 13.2 Å². The van der Waals surface area contributed by atoms with Gasteiger partial charge in [0.25, 0.3) is 5.91 Å². The van der Waals surface area contributed by atoms with Crippen LogP contribution in [-0.4, -0.2) is 61.1 Å². The number of benzene rings is 2. The molecular formula is C27H26F5N5O3. The second-order valence-corrected chi connectivity index (χ2v) is 9.70. The van der Waals surface area contributed by atoms with Crippen LogP contribution in [0.5, 0.6) is 11.5 Å². The molecule has 1 saturated heterocycles. The number of hydrogen-bond acceptors (Lipinski definition) is 7. The summed E-state index contributed by atoms with van der Waals surface area (Å²) in [4.78, 5) is 23.9. The van der Waals surface area contributed by atoms with Gasteiger partial charge < -0.3 is 24.6 Å². The smallest absolute Gasteiger partial charge is 0.478 e. The predicted octanol–water partition coefficient (Wildman–Crippen LogP) is 4.45. The van der Waals surface area contributed by atoms with Crippen molar-refractivity contribution in [2.45, 2.75) is 32.7 Å². The predicted molar refractivity (Wildman–Crippen MR) is 137 cm³/mol. The molecule has 0 aliphatic carbocycles. The van der Waals surface area contributed by atoms with E-state index in [0.29, 0.717) is 24.3 Å². The van der Waals surface area contributed by atoms with Gasteiger partial charge in [-0.25, -0.2) is 18.7 Å². The Hall–Kier alpha value is -4.00. The number of amides is 1. The zero-order valence-electron chi connectivity index (χ0n) is 21.7. The molecule has 3 aromatic rings. The largest absolute Gasteiger partial charge is 0.573 e. The van der Waals surface area contributed by atoms with E-state index in [4.69, 9.17) is 4.74 Å². The van der Waals surface area contributed by atoms with E-state index in [9.17, 15) is 22.4 Å². The standard InChI is InChI=1S/C27H26F5N5O3/c1-15(2)37-21-12-17(11-19(29)26(21)39-14-24(37)38)25-22(40-27(30,31)32)13-34-23(35-25)10-16-3-4-20(18(28)9-16)36-7-5-33-6-8-36/h3-4,9,11-13,15,33H,5-8,10,14H2,1-2H3. The molecule has 5 rings (SSSR count). The molecule has 2 aliphatic rings. The Labute approximate surface area is 226 Å². The fourth-order valence-electron chi connectivity index (χ4n) is 4.85. The van der Waals surface area contributed by atoms with Crippen molar-refractivity contribution in [2.24, 2.45) is 0 Å². The lowest BCUT2D eigenvalue weighted by atomic mass is 10.1. The minimum absolute atomic E-state index is 0.00874. The molecule has 40 heavy (non-hydrogen) atoms. The molecular weight excluding hydrogens is 537 g/mol. The molecule has 0 unspecified atom stereocenters. The van der Waals surface area contributed by atoms with Crippen molar-refractivity contribution in [3.63, 3.8) is 0 Å². The highest BCUT2D eigenvalue weighted by atomic mass is 19.4. The van der Waals surface area contributed by atoms with E-state index in [1.165, 1.54) is 17.0 Å². The van der Waals surface area contributed by atoms with Gasteiger partial charge in [0.05, 0.1) is 17.6 Å². The first-order valence-corrected chi connectivity index (χ1v) is 12.6. The molecule has 0 atom stereocenters. The maximum atomic E-state index is 15.1. The number of alkyl halides is 3. The van der Waals surface area contributed by atoms with Crippen LogP contribution in [0.4, 0.5) is 33.3 Å². The van der Waals surface area contributed by atoms with Crippen LogP contribution in [0.2, 0.25) is 0 Å². The van der Waals surface area contributed by atoms with Crippen LogP contribution in [0.15, 0.2) is 36.5 Å². The van der Waals surface area contributed by atoms with E-state index in [0.717, 1.165) is 25.4 Å². The second-order valence-electron chi connectivity index (χ2n) is 9.70. The molecule has 0 spiro atoms. The van der Waals surface area contributed by atoms with Crippen molar-refractivity contribution >= 4 is 17.3 Å². The van der Waals surface area contributed by atoms with Gasteiger partial charge in [-0.05, 0) is 43.7 Å². The number of aromatic nitrogens is 2. The van der Waals surface area contributed by atoms with Crippen LogP contribution in [0, 0.1) is 11.6 Å². The van der Waals surface area contributed by atoms with Crippen molar-refractivity contribution in [3.05, 3.63) is 59.6 Å². The number of nitrogens with one attached hydrogen (secondary N) is 1. The van der Waals surface area contributed by atoms with E-state index in [1.54, 1.807) is 26.0 Å². The molecule has 212 valence electrons. The summed E-state index contributed by atoms with van der Waals surface area (Å²) >= 11 is 0. The van der Waals surface area contributed by atoms with Crippen molar-refractivity contribution in [2.75, 3.05) is 42.6 Å². The summed E-state index contributed by atoms with van der Waals surface area (Å²) in [6.45, 7) is 5.85. The number of anilines is 2. The Balaban J connectivity index is 1.52. The number of fused-ring (bicyclic) bond motifs is 1. The number of nitrogens with zero attached hydrogens (tertiary/aromatic N) is 4. The first-order valence-electron chi connectivity index (χ1n) is 12.6. The van der Waals surface area contributed by atoms with E-state index >= 15 is 4.39 Å². The number of carbonyl (C=O) groups excluding carboxylic acids is 1. The third-order valence-electron chi connectivity index (χ3n) is 6.54. The third kappa shape index (κ3) is 5.79. The molecule has 1 N–H and O–H groups in total. The fourth-order valence-corrected chi connectivity index (χ4v) is 4.85. The molecule has 1 amide bonds. The number of rotatable bonds is 6. The Morgan fingerprint density at radius 2 is 1.82 bits per heavy atom. The molecule has 1 aromatic heterocycles. The van der Waals surface area contributed by atoms with Crippen LogP contribution in [0.1, 0.15) is 25.2 Å². The molecule has 3 heterocycles. The highest BCUT2D eigenvalue weighted by Gasteiger charge is 2.35. The molecule has 1 fully saturated rings. The summed E-state index contributed by atoms with van der Waals surface area (Å²) in [6.07, 6.45) is -4.24. The average molecular weight is 564 g/mol. The second kappa shape index (κ2) is 10.9. The Bertz CT molecular complexity index is 1430. The molecule has 0 bridgehead atoms. The summed E-state index contributed by atoms with van der Waals surface area (Å²) in [5.74, 6) is -2.63. The van der Waals surface area contributed by atoms with Gasteiger partial charge in [0, 0.05) is 44.2 Å². The number of ether oxygens (including phenoxy) is 2. The number of piperazine rings is 1. The highest BCUT2D eigenvalue weighted by molar-refractivity contribution is 5.99. The quantitative estimate of drug-likeness (QED) is 0.444. The van der Waals surface area contributed by atoms with Crippen molar-refractivity contribution in [3.8, 4) is 22.8 Å². The zero-order valence-corrected chi connectivity index (χ0v) is 21.7. The van der Waals surface area contributed by atoms with Crippen molar-refractivity contribution < 1.29 is 36.2 Å². The zero-order chi connectivity index (χ0) is 28.6. The SMILES string of the molecule is CC(C)N1C(=O)COc2c(F)cc(-c3nc(Cc4ccc(N5CCNCC5)c(F)c4)ncc3OC(F)(F)F)cc21. The van der Waals surface area contributed by atoms with Crippen molar-refractivity contribution in [1.82, 2.24) is 15.3 Å². The summed E-state index contributed by atoms with van der Waals surface area (Å²) in [7, 11) is 0. The van der Waals surface area contributed by atoms with Gasteiger partial charge in [-0.2, -0.15) is 0 Å². The van der Waals surface area contributed by atoms with Gasteiger partial charge >= 0.3 is 6.36 Å². The fraction of sp³-hybridized carbons (Fsp3) is 0.370. The molecule has 0 saturated carbocycles. The van der Waals surface area contributed by atoms with E-state index in [1.807, 2.05) is 4.90 Å². The molecule has 2 aromatic carbocycles. The normalized spacial score (nSPS) is 15.8. The van der Waals surface area contributed by atoms with Crippen LogP contribution < -0.4 is 24.6 Å². The number of carbonyl (C=O) groups is 1. The maximum Gasteiger partial charge on any atom is 0.573 e. The summed E-state index contributed by atoms with van der Waals surface area (Å²) in [6, 6.07) is 6.59. The van der Waals surface area contributed by atoms with Crippen LogP contribution in [0.3, 0.4) is 0 Å². The van der Waals surface area contributed by atoms with E-state index in [2.05, 4.69) is 20.0 Å². The number of halogens is 5. The lowest BCUT2D eigenvalue weighted by molar-refractivity contribution is -0.274. The molecule has 2 aliphatic heterocycles. The van der Waals surface area contributed by atoms with Crippen LogP contribution in [-0.2, 0) is 11.2 Å². The highest BCUT2D eigenvalue weighted by Crippen LogP contribution is 2.41. The summed E-state index contributed by atoms with van der Waals surface area (Å²) < 4.78 is 79.1. The summed E-state index contributed by atoms with van der Waals surface area (Å²) in [5.41, 5.74) is 0.585. The minimum atomic E-state index is -5.07. The van der Waals surface area contributed by atoms with Gasteiger partial charge in [0.2, 0.25) is 0 Å². The lowest BCUT2D eigenvalue weighted by Gasteiger charge is -2.33. The maximum absolute atomic E-state index is 15.1. The first kappa shape index (κ1) is 27.6. The third-order valence-corrected chi connectivity index (χ3v) is 6.54. The topological polar surface area (TPSA) is 79.8 Å². The average Bonchev–Trinajstić information content (AvgIpc) is 2.89. The number of hydrogen-bond donors (Lipinski definition) is 1. The minimum Gasteiger partial charge on any atom is -0.478 e. The Morgan fingerprint density at radius 3 is 2.50 bits per heavy atom. The van der Waals surface area contributed by atoms with Gasteiger partial charge in [-0.3, -0.25) is 4.79 Å². The van der Waals surface area contributed by atoms with Gasteiger partial charge in [0.15, 0.2) is 23.9 Å². The lowest BCUT2D eigenvalue weighted by Crippen LogP contribution is -2.43. The van der Waals surface area contributed by atoms with Crippen molar-refractivity contribution in [1.29, 1.82) is 0 Å². The van der Waals surface area contributed by atoms with E-state index < -0.39 is 29.7 Å². The van der Waals surface area contributed by atoms with Crippen LogP contribution in [0.25, 0.3) is 11.3 Å². The monoisotopic (exact) mass is 563 g/mol. The summed E-state index contributed by atoms with van der Waals surface area (Å²) in [5, 5.41) is 3.20. The Kier molecular flexibility index (Phi) is 7.49.